The number of hydrogen-bond donors (Lipinski definition) is 1. The third-order valence-electron chi connectivity index (χ3n) is 5.14. The van der Waals surface area contributed by atoms with E-state index >= 15 is 0 Å². The van der Waals surface area contributed by atoms with Crippen molar-refractivity contribution in [1.82, 2.24) is 4.57 Å². The summed E-state index contributed by atoms with van der Waals surface area (Å²) in [5.74, 6) is -0.393. The topological polar surface area (TPSA) is 54.6 Å². The highest BCUT2D eigenvalue weighted by Gasteiger charge is 2.27. The lowest BCUT2D eigenvalue weighted by Crippen LogP contribution is -2.22. The van der Waals surface area contributed by atoms with Gasteiger partial charge in [-0.3, -0.25) is 4.79 Å². The fourth-order valence-corrected chi connectivity index (χ4v) is 4.19. The Balaban J connectivity index is 1.82. The number of carbonyl (C=O) groups excluding carboxylic acids is 1. The van der Waals surface area contributed by atoms with Gasteiger partial charge < -0.3 is 9.67 Å². The molecule has 0 spiro atoms. The van der Waals surface area contributed by atoms with Crippen LogP contribution < -0.4 is 10.6 Å². The van der Waals surface area contributed by atoms with Crippen LogP contribution in [0.3, 0.4) is 0 Å². The van der Waals surface area contributed by atoms with Crippen LogP contribution in [0.4, 0.5) is 0 Å². The highest BCUT2D eigenvalue weighted by molar-refractivity contribution is 6.31. The van der Waals surface area contributed by atoms with E-state index in [1.807, 2.05) is 48.5 Å². The number of halogens is 2. The van der Waals surface area contributed by atoms with Gasteiger partial charge in [-0.1, -0.05) is 59.6 Å². The molecule has 1 amide bonds. The third kappa shape index (κ3) is 2.84. The first kappa shape index (κ1) is 18.0. The largest absolute Gasteiger partial charge is 0.494 e. The molecule has 29 heavy (non-hydrogen) atoms. The molecule has 4 nitrogen and oxygen atoms in total. The van der Waals surface area contributed by atoms with Crippen LogP contribution in [0, 0.1) is 0 Å². The predicted molar refractivity (Wildman–Crippen MR) is 114 cm³/mol. The molecule has 6 heteroatoms. The van der Waals surface area contributed by atoms with Crippen molar-refractivity contribution in [3.63, 3.8) is 0 Å². The number of rotatable bonds is 3. The molecule has 142 valence electrons. The Labute approximate surface area is 176 Å². The Kier molecular flexibility index (Phi) is 4.19. The van der Waals surface area contributed by atoms with Gasteiger partial charge in [0.05, 0.1) is 28.6 Å². The molecule has 1 N–H and O–H groups in total. The van der Waals surface area contributed by atoms with E-state index in [1.54, 1.807) is 22.8 Å². The van der Waals surface area contributed by atoms with Crippen molar-refractivity contribution in [3.8, 4) is 5.88 Å². The molecule has 0 fully saturated rings. The summed E-state index contributed by atoms with van der Waals surface area (Å²) in [6.07, 6.45) is 0. The van der Waals surface area contributed by atoms with Crippen molar-refractivity contribution in [2.24, 2.45) is 4.99 Å². The molecule has 0 saturated carbocycles. The normalized spacial score (nSPS) is 13.0. The first-order chi connectivity index (χ1) is 14.0. The molecule has 2 heterocycles. The van der Waals surface area contributed by atoms with E-state index < -0.39 is 5.91 Å². The lowest BCUT2D eigenvalue weighted by Gasteiger charge is -2.09. The first-order valence-electron chi connectivity index (χ1n) is 9.01. The van der Waals surface area contributed by atoms with Crippen molar-refractivity contribution in [3.05, 3.63) is 98.5 Å². The van der Waals surface area contributed by atoms with Crippen molar-refractivity contribution in [2.75, 3.05) is 0 Å². The summed E-state index contributed by atoms with van der Waals surface area (Å²) in [6.45, 7) is 0.368. The standard InChI is InChI=1S/C23H14Cl2N2O2/c24-14-9-10-18-16(11-14)20(22(28)26-18)21-15-6-2-4-8-19(15)27(23(21)29)12-13-5-1-3-7-17(13)25/h1-11,29H,12H2. The summed E-state index contributed by atoms with van der Waals surface area (Å²) < 4.78 is 1.76. The first-order valence-corrected chi connectivity index (χ1v) is 9.77. The number of fused-ring (bicyclic) bond motifs is 2. The Morgan fingerprint density at radius 3 is 2.55 bits per heavy atom. The van der Waals surface area contributed by atoms with Gasteiger partial charge in [-0.25, -0.2) is 4.99 Å². The summed E-state index contributed by atoms with van der Waals surface area (Å²) in [5.41, 5.74) is 2.49. The van der Waals surface area contributed by atoms with E-state index in [0.29, 0.717) is 38.3 Å². The number of amides is 1. The number of aromatic hydroxyl groups is 1. The smallest absolute Gasteiger partial charge is 0.279 e. The molecule has 4 aromatic rings. The summed E-state index contributed by atoms with van der Waals surface area (Å²) in [4.78, 5) is 16.9. The highest BCUT2D eigenvalue weighted by Crippen LogP contribution is 2.37. The van der Waals surface area contributed by atoms with Crippen LogP contribution in [0.25, 0.3) is 16.5 Å². The minimum atomic E-state index is -0.391. The number of nitrogens with zero attached hydrogens (tertiary/aromatic N) is 2. The average Bonchev–Trinajstić information content (AvgIpc) is 3.17. The maximum atomic E-state index is 12.8. The van der Waals surface area contributed by atoms with Gasteiger partial charge in [0.15, 0.2) is 0 Å². The van der Waals surface area contributed by atoms with E-state index in [9.17, 15) is 9.90 Å². The SMILES string of the molecule is O=C1N=c2ccc(Cl)cc2=C1c1c(O)n(Cc2ccccc2Cl)c2ccccc12. The van der Waals surface area contributed by atoms with E-state index in [-0.39, 0.29) is 5.88 Å². The molecule has 0 saturated heterocycles. The molecule has 1 aromatic heterocycles. The summed E-state index contributed by atoms with van der Waals surface area (Å²) in [7, 11) is 0. The Morgan fingerprint density at radius 1 is 0.966 bits per heavy atom. The van der Waals surface area contributed by atoms with E-state index in [1.165, 1.54) is 0 Å². The lowest BCUT2D eigenvalue weighted by atomic mass is 10.0. The van der Waals surface area contributed by atoms with Crippen molar-refractivity contribution in [2.45, 2.75) is 6.54 Å². The van der Waals surface area contributed by atoms with Crippen LogP contribution in [0.15, 0.2) is 71.7 Å². The molecule has 1 aliphatic heterocycles. The van der Waals surface area contributed by atoms with Gasteiger partial charge in [0.25, 0.3) is 5.91 Å². The molecule has 1 aliphatic rings. The number of benzene rings is 3. The molecular weight excluding hydrogens is 407 g/mol. The minimum Gasteiger partial charge on any atom is -0.494 e. The number of carbonyl (C=O) groups is 1. The molecular formula is C23H14Cl2N2O2. The summed E-state index contributed by atoms with van der Waals surface area (Å²) in [5, 5.41) is 14.3. The van der Waals surface area contributed by atoms with Gasteiger partial charge in [-0.15, -0.1) is 0 Å². The number of aromatic nitrogens is 1. The molecule has 3 aromatic carbocycles. The van der Waals surface area contributed by atoms with E-state index in [2.05, 4.69) is 4.99 Å². The summed E-state index contributed by atoms with van der Waals surface area (Å²) >= 11 is 12.5. The van der Waals surface area contributed by atoms with Gasteiger partial charge in [-0.2, -0.15) is 0 Å². The second-order valence-corrected chi connectivity index (χ2v) is 7.69. The zero-order valence-corrected chi connectivity index (χ0v) is 16.6. The minimum absolute atomic E-state index is 0.00232. The van der Waals surface area contributed by atoms with Crippen LogP contribution >= 0.6 is 23.2 Å². The van der Waals surface area contributed by atoms with Gasteiger partial charge >= 0.3 is 0 Å². The zero-order valence-electron chi connectivity index (χ0n) is 15.1. The fraction of sp³-hybridized carbons (Fsp3) is 0.0435. The van der Waals surface area contributed by atoms with Crippen molar-refractivity contribution in [1.29, 1.82) is 0 Å². The number of hydrogen-bond acceptors (Lipinski definition) is 2. The van der Waals surface area contributed by atoms with Crippen LogP contribution in [0.2, 0.25) is 10.0 Å². The number of para-hydroxylation sites is 1. The third-order valence-corrected chi connectivity index (χ3v) is 5.75. The van der Waals surface area contributed by atoms with E-state index in [4.69, 9.17) is 23.2 Å². The van der Waals surface area contributed by atoms with Crippen LogP contribution in [-0.4, -0.2) is 15.6 Å². The molecule has 0 atom stereocenters. The highest BCUT2D eigenvalue weighted by atomic mass is 35.5. The second kappa shape index (κ2) is 6.76. The lowest BCUT2D eigenvalue weighted by molar-refractivity contribution is -0.112. The molecule has 0 bridgehead atoms. The second-order valence-electron chi connectivity index (χ2n) is 6.85. The van der Waals surface area contributed by atoms with Crippen molar-refractivity contribution >= 4 is 45.6 Å². The van der Waals surface area contributed by atoms with Gasteiger partial charge in [0, 0.05) is 20.7 Å². The fourth-order valence-electron chi connectivity index (χ4n) is 3.82. The van der Waals surface area contributed by atoms with Gasteiger partial charge in [-0.05, 0) is 35.9 Å². The van der Waals surface area contributed by atoms with Crippen molar-refractivity contribution < 1.29 is 9.90 Å². The predicted octanol–water partition coefficient (Wildman–Crippen LogP) is 4.06. The van der Waals surface area contributed by atoms with Gasteiger partial charge in [0.1, 0.15) is 0 Å². The van der Waals surface area contributed by atoms with Crippen LogP contribution in [0.5, 0.6) is 5.88 Å². The Bertz CT molecular complexity index is 1440. The van der Waals surface area contributed by atoms with Crippen LogP contribution in [-0.2, 0) is 11.3 Å². The van der Waals surface area contributed by atoms with Crippen LogP contribution in [0.1, 0.15) is 11.1 Å². The zero-order chi connectivity index (χ0) is 20.1. The van der Waals surface area contributed by atoms with Gasteiger partial charge in [0.2, 0.25) is 5.88 Å². The molecule has 5 rings (SSSR count). The molecule has 0 unspecified atom stereocenters. The summed E-state index contributed by atoms with van der Waals surface area (Å²) in [6, 6.07) is 20.2. The maximum Gasteiger partial charge on any atom is 0.279 e. The molecule has 0 aliphatic carbocycles. The average molecular weight is 421 g/mol. The Morgan fingerprint density at radius 2 is 1.72 bits per heavy atom. The Hall–Kier alpha value is -3.08. The monoisotopic (exact) mass is 420 g/mol. The van der Waals surface area contributed by atoms with E-state index in [0.717, 1.165) is 16.5 Å². The maximum absolute atomic E-state index is 12.8. The molecule has 0 radical (unpaired) electrons. The quantitative estimate of drug-likeness (QED) is 0.543.